The van der Waals surface area contributed by atoms with E-state index in [9.17, 15) is 4.79 Å². The molecular formula is C28H34N6O3. The summed E-state index contributed by atoms with van der Waals surface area (Å²) in [5, 5.41) is 0. The van der Waals surface area contributed by atoms with Gasteiger partial charge in [-0.05, 0) is 43.5 Å². The minimum atomic E-state index is -0.00470. The molecule has 0 saturated carbocycles. The second kappa shape index (κ2) is 11.2. The summed E-state index contributed by atoms with van der Waals surface area (Å²) in [6.45, 7) is 6.91. The summed E-state index contributed by atoms with van der Waals surface area (Å²) in [4.78, 5) is 31.3. The largest absolute Gasteiger partial charge is 0.496 e. The molecule has 0 bridgehead atoms. The molecule has 2 saturated heterocycles. The van der Waals surface area contributed by atoms with E-state index in [1.165, 1.54) is 0 Å². The molecule has 37 heavy (non-hydrogen) atoms. The van der Waals surface area contributed by atoms with Gasteiger partial charge in [-0.1, -0.05) is 13.0 Å². The first kappa shape index (κ1) is 25.1. The highest BCUT2D eigenvalue weighted by Gasteiger charge is 2.29. The summed E-state index contributed by atoms with van der Waals surface area (Å²) in [5.41, 5.74) is 10.7. The van der Waals surface area contributed by atoms with Gasteiger partial charge in [-0.2, -0.15) is 0 Å². The van der Waals surface area contributed by atoms with Crippen molar-refractivity contribution >= 4 is 11.7 Å². The minimum Gasteiger partial charge on any atom is -0.496 e. The van der Waals surface area contributed by atoms with Crippen molar-refractivity contribution in [3.05, 3.63) is 54.1 Å². The fourth-order valence-electron chi connectivity index (χ4n) is 5.29. The van der Waals surface area contributed by atoms with Crippen molar-refractivity contribution in [2.75, 3.05) is 52.2 Å². The van der Waals surface area contributed by atoms with E-state index in [0.29, 0.717) is 36.3 Å². The number of nitrogens with two attached hydrogens (primary N) is 1. The molecule has 9 heteroatoms. The van der Waals surface area contributed by atoms with E-state index in [2.05, 4.69) is 26.8 Å². The fraction of sp³-hybridized carbons (Fsp3) is 0.429. The monoisotopic (exact) mass is 502 g/mol. The van der Waals surface area contributed by atoms with Gasteiger partial charge in [0, 0.05) is 68.3 Å². The third kappa shape index (κ3) is 5.28. The Bertz CT molecular complexity index is 1240. The van der Waals surface area contributed by atoms with Crippen molar-refractivity contribution in [2.45, 2.75) is 32.2 Å². The second-order valence-corrected chi connectivity index (χ2v) is 9.46. The van der Waals surface area contributed by atoms with Crippen LogP contribution in [0.2, 0.25) is 0 Å². The van der Waals surface area contributed by atoms with E-state index in [1.54, 1.807) is 25.7 Å². The van der Waals surface area contributed by atoms with Gasteiger partial charge in [0.25, 0.3) is 5.91 Å². The van der Waals surface area contributed by atoms with Crippen molar-refractivity contribution in [3.63, 3.8) is 0 Å². The number of pyridine rings is 1. The number of piperazine rings is 1. The van der Waals surface area contributed by atoms with Crippen molar-refractivity contribution in [1.82, 2.24) is 24.8 Å². The molecule has 0 unspecified atom stereocenters. The zero-order valence-corrected chi connectivity index (χ0v) is 21.5. The molecule has 0 radical (unpaired) electrons. The number of rotatable bonds is 6. The second-order valence-electron chi connectivity index (χ2n) is 9.46. The molecule has 194 valence electrons. The van der Waals surface area contributed by atoms with Crippen molar-refractivity contribution < 1.29 is 14.3 Å². The van der Waals surface area contributed by atoms with Gasteiger partial charge in [0.15, 0.2) is 0 Å². The Morgan fingerprint density at radius 1 is 1.05 bits per heavy atom. The number of benzene rings is 1. The van der Waals surface area contributed by atoms with E-state index < -0.39 is 0 Å². The smallest absolute Gasteiger partial charge is 0.257 e. The Morgan fingerprint density at radius 2 is 1.81 bits per heavy atom. The van der Waals surface area contributed by atoms with Crippen molar-refractivity contribution in [1.29, 1.82) is 0 Å². The maximum absolute atomic E-state index is 13.5. The minimum absolute atomic E-state index is 0.00470. The van der Waals surface area contributed by atoms with Gasteiger partial charge in [-0.25, -0.2) is 15.0 Å². The van der Waals surface area contributed by atoms with Crippen LogP contribution in [0.4, 0.5) is 5.82 Å². The summed E-state index contributed by atoms with van der Waals surface area (Å²) in [6.07, 6.45) is 6.20. The molecule has 2 aliphatic rings. The predicted molar refractivity (Wildman–Crippen MR) is 142 cm³/mol. The summed E-state index contributed by atoms with van der Waals surface area (Å²) < 4.78 is 11.2. The summed E-state index contributed by atoms with van der Waals surface area (Å²) in [5.74, 6) is 0.987. The lowest BCUT2D eigenvalue weighted by atomic mass is 9.96. The third-order valence-corrected chi connectivity index (χ3v) is 7.35. The first-order chi connectivity index (χ1) is 18.1. The van der Waals surface area contributed by atoms with Crippen LogP contribution >= 0.6 is 0 Å². The Hall–Kier alpha value is -3.56. The third-order valence-electron chi connectivity index (χ3n) is 7.35. The SMILES string of the molecule is CCc1ncnc(-c2ccc(C(=O)N3CCN(C4CCOCC4)CC3)c(OC)c2)c1-c1ccc(N)nc1. The maximum atomic E-state index is 13.5. The molecule has 0 atom stereocenters. The van der Waals surface area contributed by atoms with Crippen LogP contribution < -0.4 is 10.5 Å². The lowest BCUT2D eigenvalue weighted by molar-refractivity contribution is 0.0137. The van der Waals surface area contributed by atoms with E-state index in [1.807, 2.05) is 29.2 Å². The van der Waals surface area contributed by atoms with Crippen LogP contribution in [0.5, 0.6) is 5.75 Å². The number of nitrogens with zero attached hydrogens (tertiary/aromatic N) is 5. The predicted octanol–water partition coefficient (Wildman–Crippen LogP) is 3.30. The average molecular weight is 503 g/mol. The quantitative estimate of drug-likeness (QED) is 0.547. The number of hydrogen-bond acceptors (Lipinski definition) is 8. The first-order valence-corrected chi connectivity index (χ1v) is 12.9. The normalized spacial score (nSPS) is 17.1. The number of carbonyl (C=O) groups is 1. The van der Waals surface area contributed by atoms with Crippen molar-refractivity contribution in [2.24, 2.45) is 0 Å². The molecule has 2 fully saturated rings. The Morgan fingerprint density at radius 3 is 2.49 bits per heavy atom. The highest BCUT2D eigenvalue weighted by Crippen LogP contribution is 2.35. The van der Waals surface area contributed by atoms with Gasteiger partial charge in [0.2, 0.25) is 0 Å². The number of aryl methyl sites for hydroxylation is 1. The van der Waals surface area contributed by atoms with E-state index in [4.69, 9.17) is 15.2 Å². The zero-order chi connectivity index (χ0) is 25.8. The van der Waals surface area contributed by atoms with Gasteiger partial charge >= 0.3 is 0 Å². The number of nitrogen functional groups attached to an aromatic ring is 1. The van der Waals surface area contributed by atoms with Crippen LogP contribution in [-0.2, 0) is 11.2 Å². The topological polar surface area (TPSA) is 107 Å². The molecule has 2 aromatic heterocycles. The average Bonchev–Trinajstić information content (AvgIpc) is 2.97. The van der Waals surface area contributed by atoms with E-state index >= 15 is 0 Å². The van der Waals surface area contributed by atoms with Crippen LogP contribution in [-0.4, -0.2) is 83.2 Å². The molecular weight excluding hydrogens is 468 g/mol. The van der Waals surface area contributed by atoms with E-state index in [0.717, 1.165) is 73.6 Å². The number of aromatic nitrogens is 3. The molecule has 1 aromatic carbocycles. The Labute approximate surface area is 217 Å². The van der Waals surface area contributed by atoms with Crippen molar-refractivity contribution in [3.8, 4) is 28.1 Å². The lowest BCUT2D eigenvalue weighted by Crippen LogP contribution is -2.53. The summed E-state index contributed by atoms with van der Waals surface area (Å²) in [7, 11) is 1.60. The highest BCUT2D eigenvalue weighted by atomic mass is 16.5. The molecule has 5 rings (SSSR count). The Kier molecular flexibility index (Phi) is 7.62. The van der Waals surface area contributed by atoms with Crippen LogP contribution in [0.15, 0.2) is 42.9 Å². The van der Waals surface area contributed by atoms with Gasteiger partial charge in [-0.3, -0.25) is 9.69 Å². The van der Waals surface area contributed by atoms with Crippen LogP contribution in [0.1, 0.15) is 35.8 Å². The number of anilines is 1. The summed E-state index contributed by atoms with van der Waals surface area (Å²) in [6, 6.07) is 9.94. The van der Waals surface area contributed by atoms with Crippen LogP contribution in [0.3, 0.4) is 0 Å². The van der Waals surface area contributed by atoms with Crippen LogP contribution in [0, 0.1) is 0 Å². The van der Waals surface area contributed by atoms with Gasteiger partial charge in [0.05, 0.1) is 24.1 Å². The molecule has 1 amide bonds. The molecule has 2 N–H and O–H groups in total. The number of methoxy groups -OCH3 is 1. The maximum Gasteiger partial charge on any atom is 0.257 e. The highest BCUT2D eigenvalue weighted by molar-refractivity contribution is 5.98. The standard InChI is InChI=1S/C28H34N6O3/c1-3-23-26(20-5-7-25(29)30-17-20)27(32-18-31-23)19-4-6-22(24(16-19)36-2)28(35)34-12-10-33(11-13-34)21-8-14-37-15-9-21/h4-7,16-18,21H,3,8-15H2,1-2H3,(H2,29,30). The fourth-order valence-corrected chi connectivity index (χ4v) is 5.29. The molecule has 2 aliphatic heterocycles. The number of amides is 1. The first-order valence-electron chi connectivity index (χ1n) is 12.9. The number of ether oxygens (including phenoxy) is 2. The molecule has 9 nitrogen and oxygen atoms in total. The number of hydrogen-bond donors (Lipinski definition) is 1. The van der Waals surface area contributed by atoms with Gasteiger partial charge in [-0.15, -0.1) is 0 Å². The summed E-state index contributed by atoms with van der Waals surface area (Å²) >= 11 is 0. The van der Waals surface area contributed by atoms with Gasteiger partial charge < -0.3 is 20.1 Å². The molecule has 0 aliphatic carbocycles. The molecule has 0 spiro atoms. The van der Waals surface area contributed by atoms with Crippen LogP contribution in [0.25, 0.3) is 22.4 Å². The number of carbonyl (C=O) groups excluding carboxylic acids is 1. The van der Waals surface area contributed by atoms with E-state index in [-0.39, 0.29) is 5.91 Å². The lowest BCUT2D eigenvalue weighted by Gasteiger charge is -2.40. The Balaban J connectivity index is 1.40. The molecule has 4 heterocycles. The zero-order valence-electron chi connectivity index (χ0n) is 21.5. The van der Waals surface area contributed by atoms with Gasteiger partial charge in [0.1, 0.15) is 17.9 Å². The molecule has 3 aromatic rings.